The van der Waals surface area contributed by atoms with Gasteiger partial charge in [-0.25, -0.2) is 9.59 Å². The van der Waals surface area contributed by atoms with Gasteiger partial charge in [0.1, 0.15) is 11.6 Å². The average Bonchev–Trinajstić information content (AvgIpc) is 2.59. The molecule has 0 spiro atoms. The molecule has 0 unspecified atom stereocenters. The number of aliphatic carboxylic acids is 1. The van der Waals surface area contributed by atoms with Gasteiger partial charge < -0.3 is 15.2 Å². The van der Waals surface area contributed by atoms with Crippen molar-refractivity contribution < 1.29 is 19.4 Å². The summed E-state index contributed by atoms with van der Waals surface area (Å²) in [7, 11) is 0. The minimum atomic E-state index is -1.11. The van der Waals surface area contributed by atoms with Crippen molar-refractivity contribution >= 4 is 34.1 Å². The van der Waals surface area contributed by atoms with E-state index in [0.717, 1.165) is 21.2 Å². The Balaban J connectivity index is 2.05. The van der Waals surface area contributed by atoms with Gasteiger partial charge in [0.2, 0.25) is 0 Å². The lowest BCUT2D eigenvalue weighted by molar-refractivity contribution is -0.139. The molecule has 0 fully saturated rings. The summed E-state index contributed by atoms with van der Waals surface area (Å²) in [4.78, 5) is 23.2. The third-order valence-corrected chi connectivity index (χ3v) is 4.21. The molecule has 2 aromatic rings. The minimum absolute atomic E-state index is 0.149. The fourth-order valence-electron chi connectivity index (χ4n) is 2.50. The summed E-state index contributed by atoms with van der Waals surface area (Å²) in [5.74, 6) is -1.11. The quantitative estimate of drug-likeness (QED) is 0.615. The standard InChI is InChI=1S/C22H24BrNO4/c1-22(2,3)28-21(27)24-19(20(25)26)12-5-8-15-7-4-9-16(13-15)17-10-6-11-18(23)14-17/h4-11,13-14,19H,12H2,1-3H3,(H,24,27)(H,25,26)/b8-5+/t19-/m0/s1. The lowest BCUT2D eigenvalue weighted by Gasteiger charge is -2.21. The number of nitrogens with one attached hydrogen (secondary N) is 1. The molecule has 5 nitrogen and oxygen atoms in total. The second-order valence-electron chi connectivity index (χ2n) is 7.31. The molecular weight excluding hydrogens is 422 g/mol. The highest BCUT2D eigenvalue weighted by Gasteiger charge is 2.22. The highest BCUT2D eigenvalue weighted by Crippen LogP contribution is 2.24. The van der Waals surface area contributed by atoms with Crippen LogP contribution >= 0.6 is 15.9 Å². The summed E-state index contributed by atoms with van der Waals surface area (Å²) >= 11 is 3.47. The van der Waals surface area contributed by atoms with Gasteiger partial charge in [0.05, 0.1) is 0 Å². The smallest absolute Gasteiger partial charge is 0.408 e. The summed E-state index contributed by atoms with van der Waals surface area (Å²) < 4.78 is 6.12. The first-order valence-corrected chi connectivity index (χ1v) is 9.68. The molecule has 0 saturated heterocycles. The van der Waals surface area contributed by atoms with Crippen LogP contribution in [0.5, 0.6) is 0 Å². The first-order valence-electron chi connectivity index (χ1n) is 8.89. The van der Waals surface area contributed by atoms with Crippen LogP contribution in [0.1, 0.15) is 32.8 Å². The van der Waals surface area contributed by atoms with E-state index in [4.69, 9.17) is 4.74 Å². The van der Waals surface area contributed by atoms with E-state index in [0.29, 0.717) is 0 Å². The molecule has 2 N–H and O–H groups in total. The Hall–Kier alpha value is -2.60. The first-order chi connectivity index (χ1) is 13.1. The Labute approximate surface area is 173 Å². The predicted octanol–water partition coefficient (Wildman–Crippen LogP) is 5.50. The van der Waals surface area contributed by atoms with Crippen molar-refractivity contribution in [2.75, 3.05) is 0 Å². The molecule has 28 heavy (non-hydrogen) atoms. The molecule has 0 radical (unpaired) electrons. The molecule has 6 heteroatoms. The van der Waals surface area contributed by atoms with Crippen LogP contribution in [0.15, 0.2) is 59.1 Å². The van der Waals surface area contributed by atoms with Crippen LogP contribution in [0.25, 0.3) is 17.2 Å². The Kier molecular flexibility index (Phi) is 7.40. The van der Waals surface area contributed by atoms with Crippen molar-refractivity contribution in [1.29, 1.82) is 0 Å². The lowest BCUT2D eigenvalue weighted by Crippen LogP contribution is -2.43. The lowest BCUT2D eigenvalue weighted by atomic mass is 10.0. The molecule has 0 saturated carbocycles. The highest BCUT2D eigenvalue weighted by molar-refractivity contribution is 9.10. The topological polar surface area (TPSA) is 75.6 Å². The van der Waals surface area contributed by atoms with Gasteiger partial charge >= 0.3 is 12.1 Å². The summed E-state index contributed by atoms with van der Waals surface area (Å²) in [6.07, 6.45) is 2.98. The fourth-order valence-corrected chi connectivity index (χ4v) is 2.90. The van der Waals surface area contributed by atoms with Gasteiger partial charge in [-0.1, -0.05) is 58.4 Å². The van der Waals surface area contributed by atoms with Crippen LogP contribution in [-0.4, -0.2) is 28.8 Å². The van der Waals surface area contributed by atoms with Crippen LogP contribution in [-0.2, 0) is 9.53 Å². The number of hydrogen-bond donors (Lipinski definition) is 2. The zero-order valence-corrected chi connectivity index (χ0v) is 17.7. The number of alkyl carbamates (subject to hydrolysis) is 1. The largest absolute Gasteiger partial charge is 0.480 e. The SMILES string of the molecule is CC(C)(C)OC(=O)N[C@@H](C/C=C/c1cccc(-c2cccc(Br)c2)c1)C(=O)O. The number of hydrogen-bond acceptors (Lipinski definition) is 3. The van der Waals surface area contributed by atoms with E-state index in [-0.39, 0.29) is 6.42 Å². The second-order valence-corrected chi connectivity index (χ2v) is 8.23. The molecule has 2 aromatic carbocycles. The predicted molar refractivity (Wildman–Crippen MR) is 114 cm³/mol. The van der Waals surface area contributed by atoms with Crippen LogP contribution in [0, 0.1) is 0 Å². The molecule has 0 aliphatic heterocycles. The monoisotopic (exact) mass is 445 g/mol. The number of halogens is 1. The van der Waals surface area contributed by atoms with Crippen LogP contribution in [0.4, 0.5) is 4.79 Å². The number of ether oxygens (including phenoxy) is 1. The maximum absolute atomic E-state index is 11.8. The Morgan fingerprint density at radius 3 is 2.39 bits per heavy atom. The first kappa shape index (κ1) is 21.7. The van der Waals surface area contributed by atoms with Crippen molar-refractivity contribution in [3.63, 3.8) is 0 Å². The number of amides is 1. The molecule has 0 bridgehead atoms. The number of carboxylic acids is 1. The minimum Gasteiger partial charge on any atom is -0.480 e. The average molecular weight is 446 g/mol. The number of benzene rings is 2. The number of rotatable bonds is 6. The summed E-state index contributed by atoms with van der Waals surface area (Å²) in [6, 6.07) is 14.9. The van der Waals surface area contributed by atoms with Crippen molar-refractivity contribution in [1.82, 2.24) is 5.32 Å². The molecule has 0 aromatic heterocycles. The van der Waals surface area contributed by atoms with Crippen molar-refractivity contribution in [2.24, 2.45) is 0 Å². The van der Waals surface area contributed by atoms with E-state index >= 15 is 0 Å². The van der Waals surface area contributed by atoms with Crippen LogP contribution in [0.3, 0.4) is 0 Å². The van der Waals surface area contributed by atoms with Crippen molar-refractivity contribution in [2.45, 2.75) is 38.8 Å². The van der Waals surface area contributed by atoms with Gasteiger partial charge in [-0.15, -0.1) is 0 Å². The number of carboxylic acid groups (broad SMARTS) is 1. The van der Waals surface area contributed by atoms with Gasteiger partial charge in [0.15, 0.2) is 0 Å². The van der Waals surface area contributed by atoms with E-state index in [1.54, 1.807) is 26.8 Å². The van der Waals surface area contributed by atoms with Gasteiger partial charge in [-0.2, -0.15) is 0 Å². The van der Waals surface area contributed by atoms with Gasteiger partial charge in [0, 0.05) is 4.47 Å². The fraction of sp³-hybridized carbons (Fsp3) is 0.273. The van der Waals surface area contributed by atoms with E-state index in [1.807, 2.05) is 54.6 Å². The second kappa shape index (κ2) is 9.55. The van der Waals surface area contributed by atoms with Crippen molar-refractivity contribution in [3.05, 3.63) is 64.6 Å². The van der Waals surface area contributed by atoms with Crippen LogP contribution < -0.4 is 5.32 Å². The molecule has 0 heterocycles. The van der Waals surface area contributed by atoms with Gasteiger partial charge in [0.25, 0.3) is 0 Å². The molecule has 1 atom stereocenters. The Morgan fingerprint density at radius 1 is 1.14 bits per heavy atom. The molecule has 0 aliphatic rings. The van der Waals surface area contributed by atoms with E-state index < -0.39 is 23.7 Å². The molecule has 1 amide bonds. The van der Waals surface area contributed by atoms with E-state index in [2.05, 4.69) is 21.2 Å². The molecule has 148 valence electrons. The van der Waals surface area contributed by atoms with Gasteiger partial charge in [-0.05, 0) is 62.1 Å². The molecule has 2 rings (SSSR count). The number of carbonyl (C=O) groups excluding carboxylic acids is 1. The highest BCUT2D eigenvalue weighted by atomic mass is 79.9. The number of carbonyl (C=O) groups is 2. The maximum atomic E-state index is 11.8. The summed E-state index contributed by atoms with van der Waals surface area (Å²) in [5, 5.41) is 11.7. The summed E-state index contributed by atoms with van der Waals surface area (Å²) in [6.45, 7) is 5.17. The van der Waals surface area contributed by atoms with E-state index in [1.165, 1.54) is 0 Å². The zero-order valence-electron chi connectivity index (χ0n) is 16.1. The maximum Gasteiger partial charge on any atom is 0.408 e. The third-order valence-electron chi connectivity index (χ3n) is 3.72. The molecular formula is C22H24BrNO4. The zero-order chi connectivity index (χ0) is 20.7. The summed E-state index contributed by atoms with van der Waals surface area (Å²) in [5.41, 5.74) is 2.40. The van der Waals surface area contributed by atoms with Crippen molar-refractivity contribution in [3.8, 4) is 11.1 Å². The van der Waals surface area contributed by atoms with Gasteiger partial charge in [-0.3, -0.25) is 0 Å². The Morgan fingerprint density at radius 2 is 1.79 bits per heavy atom. The molecule has 0 aliphatic carbocycles. The normalized spacial score (nSPS) is 12.6. The Bertz CT molecular complexity index is 871. The van der Waals surface area contributed by atoms with E-state index in [9.17, 15) is 14.7 Å². The third kappa shape index (κ3) is 7.19. The van der Waals surface area contributed by atoms with Crippen LogP contribution in [0.2, 0.25) is 0 Å².